The van der Waals surface area contributed by atoms with Crippen LogP contribution in [0.1, 0.15) is 43.0 Å². The van der Waals surface area contributed by atoms with Gasteiger partial charge in [0.15, 0.2) is 5.82 Å². The number of rotatable bonds is 3. The van der Waals surface area contributed by atoms with Gasteiger partial charge >= 0.3 is 5.97 Å². The van der Waals surface area contributed by atoms with Crippen molar-refractivity contribution in [3.8, 4) is 0 Å². The summed E-state index contributed by atoms with van der Waals surface area (Å²) >= 11 is 0. The Morgan fingerprint density at radius 2 is 2.06 bits per heavy atom. The molecule has 1 aromatic rings. The van der Waals surface area contributed by atoms with Crippen molar-refractivity contribution in [3.63, 3.8) is 0 Å². The zero-order valence-corrected chi connectivity index (χ0v) is 10.8. The van der Waals surface area contributed by atoms with Crippen molar-refractivity contribution < 1.29 is 9.90 Å². The quantitative estimate of drug-likeness (QED) is 0.889. The second-order valence-electron chi connectivity index (χ2n) is 5.10. The highest BCUT2D eigenvalue weighted by Crippen LogP contribution is 2.29. The number of nitrogens with zero attached hydrogens (tertiary/aromatic N) is 3. The van der Waals surface area contributed by atoms with Gasteiger partial charge in [-0.1, -0.05) is 6.92 Å². The molecule has 1 saturated carbocycles. The van der Waals surface area contributed by atoms with E-state index < -0.39 is 5.97 Å². The van der Waals surface area contributed by atoms with Crippen LogP contribution in [-0.4, -0.2) is 34.4 Å². The third kappa shape index (κ3) is 2.60. The first-order valence-electron chi connectivity index (χ1n) is 6.37. The fraction of sp³-hybridized carbons (Fsp3) is 0.615. The maximum absolute atomic E-state index is 11.2. The Kier molecular flexibility index (Phi) is 3.79. The topological polar surface area (TPSA) is 66.3 Å². The first-order valence-corrected chi connectivity index (χ1v) is 6.37. The summed E-state index contributed by atoms with van der Waals surface area (Å²) in [5, 5.41) is 17.0. The number of aromatic nitrogens is 2. The Morgan fingerprint density at radius 1 is 1.39 bits per heavy atom. The summed E-state index contributed by atoms with van der Waals surface area (Å²) in [6.45, 7) is 2.27. The van der Waals surface area contributed by atoms with Crippen LogP contribution >= 0.6 is 0 Å². The molecule has 1 heterocycles. The molecule has 2 rings (SSSR count). The number of carboxylic acid groups (broad SMARTS) is 1. The fourth-order valence-corrected chi connectivity index (χ4v) is 2.55. The van der Waals surface area contributed by atoms with Crippen molar-refractivity contribution in [2.75, 3.05) is 11.9 Å². The largest absolute Gasteiger partial charge is 0.478 e. The molecular weight excluding hydrogens is 230 g/mol. The highest BCUT2D eigenvalue weighted by molar-refractivity contribution is 5.93. The predicted molar refractivity (Wildman–Crippen MR) is 68.8 cm³/mol. The van der Waals surface area contributed by atoms with Crippen LogP contribution in [0.15, 0.2) is 12.3 Å². The molecule has 5 nitrogen and oxygen atoms in total. The predicted octanol–water partition coefficient (Wildman–Crippen LogP) is 2.19. The molecule has 1 aliphatic carbocycles. The maximum atomic E-state index is 11.2. The smallest absolute Gasteiger partial charge is 0.339 e. The summed E-state index contributed by atoms with van der Waals surface area (Å²) in [5.74, 6) is 0.302. The first-order chi connectivity index (χ1) is 8.59. The van der Waals surface area contributed by atoms with E-state index in [1.807, 2.05) is 11.9 Å². The molecule has 0 unspecified atom stereocenters. The molecule has 1 N–H and O–H groups in total. The number of carboxylic acids is 1. The molecular formula is C13H19N3O2. The highest BCUT2D eigenvalue weighted by atomic mass is 16.4. The third-order valence-corrected chi connectivity index (χ3v) is 3.80. The summed E-state index contributed by atoms with van der Waals surface area (Å²) in [6.07, 6.45) is 5.99. The molecule has 0 amide bonds. The van der Waals surface area contributed by atoms with Gasteiger partial charge in [0, 0.05) is 13.1 Å². The Labute approximate surface area is 107 Å². The molecule has 18 heavy (non-hydrogen) atoms. The van der Waals surface area contributed by atoms with E-state index in [-0.39, 0.29) is 5.56 Å². The SMILES string of the molecule is CC1CCC(N(C)c2nnccc2C(=O)O)CC1. The number of anilines is 1. The lowest BCUT2D eigenvalue weighted by Gasteiger charge is -2.34. The fourth-order valence-electron chi connectivity index (χ4n) is 2.55. The second-order valence-corrected chi connectivity index (χ2v) is 5.10. The van der Waals surface area contributed by atoms with E-state index >= 15 is 0 Å². The summed E-state index contributed by atoms with van der Waals surface area (Å²) in [7, 11) is 1.91. The van der Waals surface area contributed by atoms with Gasteiger partial charge < -0.3 is 10.0 Å². The van der Waals surface area contributed by atoms with E-state index in [1.165, 1.54) is 25.1 Å². The Balaban J connectivity index is 2.18. The number of hydrogen-bond acceptors (Lipinski definition) is 4. The Hall–Kier alpha value is -1.65. The van der Waals surface area contributed by atoms with Gasteiger partial charge in [0.25, 0.3) is 0 Å². The van der Waals surface area contributed by atoms with E-state index in [0.29, 0.717) is 11.9 Å². The van der Waals surface area contributed by atoms with E-state index in [9.17, 15) is 4.79 Å². The summed E-state index contributed by atoms with van der Waals surface area (Å²) in [6, 6.07) is 1.88. The molecule has 1 aromatic heterocycles. The summed E-state index contributed by atoms with van der Waals surface area (Å²) in [4.78, 5) is 13.1. The minimum absolute atomic E-state index is 0.228. The highest BCUT2D eigenvalue weighted by Gasteiger charge is 2.25. The number of hydrogen-bond donors (Lipinski definition) is 1. The monoisotopic (exact) mass is 249 g/mol. The Morgan fingerprint density at radius 3 is 2.67 bits per heavy atom. The maximum Gasteiger partial charge on any atom is 0.339 e. The van der Waals surface area contributed by atoms with Gasteiger partial charge in [0.1, 0.15) is 5.56 Å². The Bertz CT molecular complexity index is 428. The lowest BCUT2D eigenvalue weighted by Crippen LogP contribution is -2.36. The van der Waals surface area contributed by atoms with Crippen molar-refractivity contribution in [2.24, 2.45) is 5.92 Å². The van der Waals surface area contributed by atoms with Crippen molar-refractivity contribution in [1.29, 1.82) is 0 Å². The van der Waals surface area contributed by atoms with Crippen LogP contribution in [0.3, 0.4) is 0 Å². The van der Waals surface area contributed by atoms with Gasteiger partial charge in [-0.15, -0.1) is 5.10 Å². The standard InChI is InChI=1S/C13H19N3O2/c1-9-3-5-10(6-4-9)16(2)12-11(13(17)18)7-8-14-15-12/h7-10H,3-6H2,1-2H3,(H,17,18). The number of carbonyl (C=O) groups is 1. The average molecular weight is 249 g/mol. The molecule has 1 aliphatic rings. The van der Waals surface area contributed by atoms with Crippen molar-refractivity contribution in [1.82, 2.24) is 10.2 Å². The summed E-state index contributed by atoms with van der Waals surface area (Å²) < 4.78 is 0. The van der Waals surface area contributed by atoms with Crippen LogP contribution < -0.4 is 4.90 Å². The van der Waals surface area contributed by atoms with Gasteiger partial charge in [0.05, 0.1) is 6.20 Å². The molecule has 5 heteroatoms. The molecule has 98 valence electrons. The van der Waals surface area contributed by atoms with Gasteiger partial charge in [0.2, 0.25) is 0 Å². The lowest BCUT2D eigenvalue weighted by molar-refractivity contribution is 0.0696. The second kappa shape index (κ2) is 5.33. The van der Waals surface area contributed by atoms with E-state index in [4.69, 9.17) is 5.11 Å². The van der Waals surface area contributed by atoms with Crippen LogP contribution in [-0.2, 0) is 0 Å². The van der Waals surface area contributed by atoms with Crippen LogP contribution in [0.5, 0.6) is 0 Å². The zero-order chi connectivity index (χ0) is 13.1. The van der Waals surface area contributed by atoms with Crippen LogP contribution in [0.4, 0.5) is 5.82 Å². The lowest BCUT2D eigenvalue weighted by atomic mass is 9.86. The number of aromatic carboxylic acids is 1. The molecule has 0 aromatic carbocycles. The zero-order valence-electron chi connectivity index (χ0n) is 10.8. The molecule has 0 aliphatic heterocycles. The van der Waals surface area contributed by atoms with Crippen molar-refractivity contribution >= 4 is 11.8 Å². The normalized spacial score (nSPS) is 23.7. The molecule has 0 atom stereocenters. The molecule has 0 bridgehead atoms. The van der Waals surface area contributed by atoms with Crippen LogP contribution in [0.2, 0.25) is 0 Å². The van der Waals surface area contributed by atoms with Gasteiger partial charge in [-0.2, -0.15) is 5.10 Å². The van der Waals surface area contributed by atoms with E-state index in [1.54, 1.807) is 0 Å². The minimum Gasteiger partial charge on any atom is -0.478 e. The molecule has 1 fully saturated rings. The van der Waals surface area contributed by atoms with Crippen LogP contribution in [0, 0.1) is 5.92 Å². The van der Waals surface area contributed by atoms with Gasteiger partial charge in [-0.25, -0.2) is 4.79 Å². The van der Waals surface area contributed by atoms with Crippen LogP contribution in [0.25, 0.3) is 0 Å². The van der Waals surface area contributed by atoms with E-state index in [2.05, 4.69) is 17.1 Å². The molecule has 0 spiro atoms. The minimum atomic E-state index is -0.948. The first kappa shape index (κ1) is 12.8. The average Bonchev–Trinajstić information content (AvgIpc) is 2.39. The van der Waals surface area contributed by atoms with E-state index in [0.717, 1.165) is 18.8 Å². The van der Waals surface area contributed by atoms with Gasteiger partial charge in [-0.05, 0) is 37.7 Å². The summed E-state index contributed by atoms with van der Waals surface area (Å²) in [5.41, 5.74) is 0.228. The molecule has 0 radical (unpaired) electrons. The third-order valence-electron chi connectivity index (χ3n) is 3.80. The van der Waals surface area contributed by atoms with Crippen molar-refractivity contribution in [3.05, 3.63) is 17.8 Å². The molecule has 0 saturated heterocycles. The van der Waals surface area contributed by atoms with Crippen molar-refractivity contribution in [2.45, 2.75) is 38.6 Å². The van der Waals surface area contributed by atoms with Gasteiger partial charge in [-0.3, -0.25) is 0 Å².